The van der Waals surface area contributed by atoms with Gasteiger partial charge in [-0.2, -0.15) is 4.31 Å². The molecule has 1 atom stereocenters. The molecule has 0 aliphatic rings. The third-order valence-electron chi connectivity index (χ3n) is 2.85. The van der Waals surface area contributed by atoms with Crippen molar-refractivity contribution in [3.05, 3.63) is 47.5 Å². The average Bonchev–Trinajstić information content (AvgIpc) is 2.45. The Morgan fingerprint density at radius 3 is 2.46 bits per heavy atom. The molecule has 1 unspecified atom stereocenters. The number of benzene rings is 1. The lowest BCUT2D eigenvalue weighted by atomic mass is 10.1. The van der Waals surface area contributed by atoms with Crippen LogP contribution in [0.3, 0.4) is 0 Å². The summed E-state index contributed by atoms with van der Waals surface area (Å²) in [6.07, 6.45) is 3.02. The quantitative estimate of drug-likeness (QED) is 0.304. The summed E-state index contributed by atoms with van der Waals surface area (Å²) >= 11 is 0. The SMILES string of the molecule is CC(=CCOP(=O)(O)OP(=O)(O)O)CCCOCc1ccccc1. The molecule has 1 aromatic rings. The fourth-order valence-electron chi connectivity index (χ4n) is 1.75. The smallest absolute Gasteiger partial charge is 0.377 e. The van der Waals surface area contributed by atoms with Gasteiger partial charge < -0.3 is 19.4 Å². The van der Waals surface area contributed by atoms with Crippen LogP contribution in [0.15, 0.2) is 42.0 Å². The van der Waals surface area contributed by atoms with Crippen molar-refractivity contribution in [3.63, 3.8) is 0 Å². The summed E-state index contributed by atoms with van der Waals surface area (Å²) in [7, 11) is -9.85. The molecule has 0 spiro atoms. The van der Waals surface area contributed by atoms with Gasteiger partial charge in [-0.05, 0) is 25.3 Å². The van der Waals surface area contributed by atoms with Gasteiger partial charge in [-0.3, -0.25) is 4.52 Å². The first-order valence-electron chi connectivity index (χ1n) is 7.19. The van der Waals surface area contributed by atoms with Gasteiger partial charge in [-0.1, -0.05) is 42.0 Å². The van der Waals surface area contributed by atoms with Crippen molar-refractivity contribution in [2.24, 2.45) is 0 Å². The highest BCUT2D eigenvalue weighted by atomic mass is 31.3. The van der Waals surface area contributed by atoms with Crippen LogP contribution in [-0.4, -0.2) is 27.9 Å². The van der Waals surface area contributed by atoms with E-state index in [0.717, 1.165) is 17.6 Å². The van der Waals surface area contributed by atoms with Crippen molar-refractivity contribution in [1.82, 2.24) is 0 Å². The normalized spacial score (nSPS) is 15.2. The fraction of sp³-hybridized carbons (Fsp3) is 0.429. The third-order valence-corrected chi connectivity index (χ3v) is 5.00. The lowest BCUT2D eigenvalue weighted by Gasteiger charge is -2.11. The zero-order valence-electron chi connectivity index (χ0n) is 13.3. The number of phosphoric ester groups is 1. The van der Waals surface area contributed by atoms with Crippen LogP contribution in [0.4, 0.5) is 0 Å². The van der Waals surface area contributed by atoms with Crippen LogP contribution in [0.2, 0.25) is 0 Å². The largest absolute Gasteiger partial charge is 0.481 e. The number of hydrogen-bond donors (Lipinski definition) is 3. The van der Waals surface area contributed by atoms with Crippen LogP contribution in [0.1, 0.15) is 25.3 Å². The molecule has 0 aromatic heterocycles. The van der Waals surface area contributed by atoms with E-state index >= 15 is 0 Å². The highest BCUT2D eigenvalue weighted by Gasteiger charge is 2.31. The summed E-state index contributed by atoms with van der Waals surface area (Å²) in [6.45, 7) is 2.64. The van der Waals surface area contributed by atoms with Crippen molar-refractivity contribution in [1.29, 1.82) is 0 Å². The van der Waals surface area contributed by atoms with Gasteiger partial charge in [0.05, 0.1) is 13.2 Å². The molecule has 0 bridgehead atoms. The van der Waals surface area contributed by atoms with E-state index in [1.165, 1.54) is 0 Å². The van der Waals surface area contributed by atoms with E-state index in [2.05, 4.69) is 8.83 Å². The molecular weight excluding hydrogens is 358 g/mol. The molecule has 0 fully saturated rings. The standard InChI is InChI=1S/C14H22O8P2/c1-13(9-11-21-24(18,19)22-23(15,16)17)6-5-10-20-12-14-7-3-2-4-8-14/h2-4,7-9H,5-6,10-12H2,1H3,(H,18,19)(H2,15,16,17). The second-order valence-corrected chi connectivity index (χ2v) is 7.86. The van der Waals surface area contributed by atoms with E-state index in [4.69, 9.17) is 19.4 Å². The molecule has 8 nitrogen and oxygen atoms in total. The van der Waals surface area contributed by atoms with E-state index in [1.54, 1.807) is 6.08 Å². The highest BCUT2D eigenvalue weighted by Crippen LogP contribution is 2.57. The van der Waals surface area contributed by atoms with Crippen molar-refractivity contribution in [3.8, 4) is 0 Å². The first-order valence-corrected chi connectivity index (χ1v) is 10.2. The Balaban J connectivity index is 2.18. The Kier molecular flexibility index (Phi) is 9.05. The van der Waals surface area contributed by atoms with E-state index in [1.807, 2.05) is 37.3 Å². The first kappa shape index (κ1) is 21.2. The minimum atomic E-state index is -5.08. The maximum Gasteiger partial charge on any atom is 0.481 e. The zero-order valence-corrected chi connectivity index (χ0v) is 15.1. The Bertz CT molecular complexity index is 610. The van der Waals surface area contributed by atoms with Gasteiger partial charge in [0.15, 0.2) is 0 Å². The minimum Gasteiger partial charge on any atom is -0.377 e. The maximum atomic E-state index is 11.2. The summed E-state index contributed by atoms with van der Waals surface area (Å²) in [6, 6.07) is 9.80. The third kappa shape index (κ3) is 10.9. The lowest BCUT2D eigenvalue weighted by Crippen LogP contribution is -1.97. The second kappa shape index (κ2) is 10.2. The van der Waals surface area contributed by atoms with E-state index in [9.17, 15) is 9.13 Å². The minimum absolute atomic E-state index is 0.287. The Morgan fingerprint density at radius 1 is 1.17 bits per heavy atom. The topological polar surface area (TPSA) is 123 Å². The number of ether oxygens (including phenoxy) is 1. The molecule has 0 saturated carbocycles. The molecule has 136 valence electrons. The van der Waals surface area contributed by atoms with Gasteiger partial charge in [0.25, 0.3) is 0 Å². The van der Waals surface area contributed by atoms with Gasteiger partial charge in [0, 0.05) is 6.61 Å². The van der Waals surface area contributed by atoms with Gasteiger partial charge in [0.1, 0.15) is 0 Å². The molecule has 3 N–H and O–H groups in total. The molecule has 1 rings (SSSR count). The zero-order chi connectivity index (χ0) is 18.1. The number of rotatable bonds is 11. The lowest BCUT2D eigenvalue weighted by molar-refractivity contribution is 0.118. The van der Waals surface area contributed by atoms with Gasteiger partial charge in [0.2, 0.25) is 0 Å². The molecule has 0 radical (unpaired) electrons. The van der Waals surface area contributed by atoms with Crippen LogP contribution >= 0.6 is 15.6 Å². The van der Waals surface area contributed by atoms with Gasteiger partial charge in [-0.15, -0.1) is 0 Å². The molecule has 0 heterocycles. The van der Waals surface area contributed by atoms with Gasteiger partial charge >= 0.3 is 15.6 Å². The summed E-state index contributed by atoms with van der Waals surface area (Å²) in [5, 5.41) is 0. The van der Waals surface area contributed by atoms with Crippen LogP contribution in [0.5, 0.6) is 0 Å². The molecule has 10 heteroatoms. The molecule has 0 amide bonds. The van der Waals surface area contributed by atoms with Crippen LogP contribution < -0.4 is 0 Å². The molecule has 0 saturated heterocycles. The number of allylic oxidation sites excluding steroid dienone is 1. The Hall–Kier alpha value is -0.820. The number of hydrogen-bond acceptors (Lipinski definition) is 5. The van der Waals surface area contributed by atoms with Crippen molar-refractivity contribution in [2.45, 2.75) is 26.4 Å². The summed E-state index contributed by atoms with van der Waals surface area (Å²) in [4.78, 5) is 26.0. The second-order valence-electron chi connectivity index (χ2n) is 5.03. The van der Waals surface area contributed by atoms with E-state index in [0.29, 0.717) is 19.6 Å². The Morgan fingerprint density at radius 2 is 1.83 bits per heavy atom. The van der Waals surface area contributed by atoms with E-state index < -0.39 is 15.6 Å². The summed E-state index contributed by atoms with van der Waals surface area (Å²) in [5.74, 6) is 0. The molecule has 0 aliphatic carbocycles. The summed E-state index contributed by atoms with van der Waals surface area (Å²) < 4.78 is 35.3. The Labute approximate surface area is 140 Å². The maximum absolute atomic E-state index is 11.2. The molecule has 1 aromatic carbocycles. The molecule has 24 heavy (non-hydrogen) atoms. The van der Waals surface area contributed by atoms with Crippen molar-refractivity contribution >= 4 is 15.6 Å². The van der Waals surface area contributed by atoms with Gasteiger partial charge in [-0.25, -0.2) is 9.13 Å². The van der Waals surface area contributed by atoms with Crippen LogP contribution in [-0.2, 0) is 29.3 Å². The van der Waals surface area contributed by atoms with Crippen LogP contribution in [0.25, 0.3) is 0 Å². The monoisotopic (exact) mass is 380 g/mol. The predicted molar refractivity (Wildman–Crippen MR) is 88.0 cm³/mol. The number of phosphoric acid groups is 2. The first-order chi connectivity index (χ1) is 11.2. The molecular formula is C14H22O8P2. The average molecular weight is 380 g/mol. The summed E-state index contributed by atoms with van der Waals surface area (Å²) in [5.41, 5.74) is 2.00. The predicted octanol–water partition coefficient (Wildman–Crippen LogP) is 3.16. The highest BCUT2D eigenvalue weighted by molar-refractivity contribution is 7.60. The van der Waals surface area contributed by atoms with Crippen molar-refractivity contribution < 1.29 is 37.4 Å². The van der Waals surface area contributed by atoms with E-state index in [-0.39, 0.29) is 6.61 Å². The molecule has 0 aliphatic heterocycles. The van der Waals surface area contributed by atoms with Crippen LogP contribution in [0, 0.1) is 0 Å². The fourth-order valence-corrected chi connectivity index (χ4v) is 3.28. The van der Waals surface area contributed by atoms with Crippen molar-refractivity contribution in [2.75, 3.05) is 13.2 Å².